The van der Waals surface area contributed by atoms with Crippen molar-refractivity contribution in [3.05, 3.63) is 35.9 Å². The molecule has 0 spiro atoms. The van der Waals surface area contributed by atoms with Gasteiger partial charge in [-0.3, -0.25) is 9.59 Å². The lowest BCUT2D eigenvalue weighted by atomic mass is 10.1. The van der Waals surface area contributed by atoms with E-state index in [1.807, 2.05) is 18.2 Å². The highest BCUT2D eigenvalue weighted by molar-refractivity contribution is 5.84. The predicted molar refractivity (Wildman–Crippen MR) is 81.8 cm³/mol. The van der Waals surface area contributed by atoms with Gasteiger partial charge < -0.3 is 15.5 Å². The smallest absolute Gasteiger partial charge is 0.242 e. The molecule has 0 radical (unpaired) electrons. The molecule has 5 heteroatoms. The molecular formula is C16H23N3O2. The number of benzene rings is 1. The molecule has 0 saturated carbocycles. The average Bonchev–Trinajstić information content (AvgIpc) is 2.54. The van der Waals surface area contributed by atoms with Gasteiger partial charge in [-0.05, 0) is 18.4 Å². The zero-order valence-electron chi connectivity index (χ0n) is 12.3. The monoisotopic (exact) mass is 289 g/mol. The van der Waals surface area contributed by atoms with Crippen molar-refractivity contribution in [2.45, 2.75) is 19.3 Å². The van der Waals surface area contributed by atoms with Gasteiger partial charge >= 0.3 is 0 Å². The number of hydrogen-bond acceptors (Lipinski definition) is 3. The lowest BCUT2D eigenvalue weighted by Crippen LogP contribution is -2.49. The van der Waals surface area contributed by atoms with Crippen molar-refractivity contribution in [1.29, 1.82) is 0 Å². The summed E-state index contributed by atoms with van der Waals surface area (Å²) in [4.78, 5) is 25.4. The number of carbonyl (C=O) groups excluding carboxylic acids is 2. The molecule has 1 heterocycles. The van der Waals surface area contributed by atoms with Crippen molar-refractivity contribution in [3.8, 4) is 0 Å². The van der Waals surface area contributed by atoms with Crippen LogP contribution in [0, 0.1) is 0 Å². The standard InChI is InChI=1S/C16H23N3O2/c20-15(8-4-7-14-5-2-1-3-6-14)18-13-16(21)19-11-9-17-10-12-19/h1-3,5-6,17H,4,7-13H2,(H,18,20). The van der Waals surface area contributed by atoms with Gasteiger partial charge in [-0.15, -0.1) is 0 Å². The van der Waals surface area contributed by atoms with Crippen molar-refractivity contribution in [3.63, 3.8) is 0 Å². The molecule has 0 atom stereocenters. The molecule has 1 fully saturated rings. The third-order valence-corrected chi connectivity index (χ3v) is 3.62. The molecule has 1 aliphatic heterocycles. The Bertz CT molecular complexity index is 456. The number of piperazine rings is 1. The fraction of sp³-hybridized carbons (Fsp3) is 0.500. The van der Waals surface area contributed by atoms with Gasteiger partial charge in [-0.2, -0.15) is 0 Å². The molecule has 0 aromatic heterocycles. The van der Waals surface area contributed by atoms with Crippen LogP contribution in [-0.2, 0) is 16.0 Å². The summed E-state index contributed by atoms with van der Waals surface area (Å²) in [5.41, 5.74) is 1.24. The minimum Gasteiger partial charge on any atom is -0.347 e. The van der Waals surface area contributed by atoms with Gasteiger partial charge in [0.1, 0.15) is 0 Å². The van der Waals surface area contributed by atoms with Gasteiger partial charge in [0.25, 0.3) is 0 Å². The van der Waals surface area contributed by atoms with Crippen LogP contribution in [0.25, 0.3) is 0 Å². The van der Waals surface area contributed by atoms with E-state index in [9.17, 15) is 9.59 Å². The summed E-state index contributed by atoms with van der Waals surface area (Å²) in [6.07, 6.45) is 2.15. The maximum atomic E-state index is 11.9. The highest BCUT2D eigenvalue weighted by Crippen LogP contribution is 2.04. The van der Waals surface area contributed by atoms with Crippen LogP contribution in [0.1, 0.15) is 18.4 Å². The van der Waals surface area contributed by atoms with Crippen molar-refractivity contribution in [1.82, 2.24) is 15.5 Å². The molecule has 1 aromatic carbocycles. The zero-order valence-corrected chi connectivity index (χ0v) is 12.3. The molecule has 5 nitrogen and oxygen atoms in total. The summed E-state index contributed by atoms with van der Waals surface area (Å²) in [7, 11) is 0. The van der Waals surface area contributed by atoms with Crippen LogP contribution in [0.5, 0.6) is 0 Å². The fourth-order valence-corrected chi connectivity index (χ4v) is 2.39. The lowest BCUT2D eigenvalue weighted by molar-refractivity contribution is -0.133. The normalized spacial score (nSPS) is 14.8. The Hall–Kier alpha value is -1.88. The molecule has 0 unspecified atom stereocenters. The van der Waals surface area contributed by atoms with Gasteiger partial charge in [-0.1, -0.05) is 30.3 Å². The number of amides is 2. The second kappa shape index (κ2) is 8.42. The van der Waals surface area contributed by atoms with Crippen LogP contribution in [0.15, 0.2) is 30.3 Å². The Labute approximate surface area is 125 Å². The fourth-order valence-electron chi connectivity index (χ4n) is 2.39. The number of rotatable bonds is 6. The van der Waals surface area contributed by atoms with E-state index in [4.69, 9.17) is 0 Å². The SMILES string of the molecule is O=C(CCCc1ccccc1)NCC(=O)N1CCNCC1. The van der Waals surface area contributed by atoms with E-state index in [0.717, 1.165) is 39.0 Å². The van der Waals surface area contributed by atoms with Gasteiger partial charge in [-0.25, -0.2) is 0 Å². The first kappa shape index (κ1) is 15.5. The molecule has 0 bridgehead atoms. The van der Waals surface area contributed by atoms with Crippen LogP contribution in [0.4, 0.5) is 0 Å². The molecule has 2 rings (SSSR count). The Morgan fingerprint density at radius 2 is 1.86 bits per heavy atom. The highest BCUT2D eigenvalue weighted by atomic mass is 16.2. The first-order chi connectivity index (χ1) is 10.3. The Morgan fingerprint density at radius 1 is 1.14 bits per heavy atom. The van der Waals surface area contributed by atoms with Crippen LogP contribution < -0.4 is 10.6 Å². The van der Waals surface area contributed by atoms with Gasteiger partial charge in [0.2, 0.25) is 11.8 Å². The van der Waals surface area contributed by atoms with Gasteiger partial charge in [0, 0.05) is 32.6 Å². The number of nitrogens with zero attached hydrogens (tertiary/aromatic N) is 1. The van der Waals surface area contributed by atoms with Crippen LogP contribution in [0.3, 0.4) is 0 Å². The van der Waals surface area contributed by atoms with E-state index >= 15 is 0 Å². The summed E-state index contributed by atoms with van der Waals surface area (Å²) in [6.45, 7) is 3.23. The zero-order chi connectivity index (χ0) is 14.9. The number of hydrogen-bond donors (Lipinski definition) is 2. The van der Waals surface area contributed by atoms with Crippen LogP contribution >= 0.6 is 0 Å². The van der Waals surface area contributed by atoms with E-state index < -0.39 is 0 Å². The van der Waals surface area contributed by atoms with E-state index in [0.29, 0.717) is 6.42 Å². The summed E-state index contributed by atoms with van der Waals surface area (Å²) < 4.78 is 0. The first-order valence-electron chi connectivity index (χ1n) is 7.55. The summed E-state index contributed by atoms with van der Waals surface area (Å²) >= 11 is 0. The van der Waals surface area contributed by atoms with Crippen LogP contribution in [-0.4, -0.2) is 49.4 Å². The quantitative estimate of drug-likeness (QED) is 0.804. The molecule has 1 aliphatic rings. The Morgan fingerprint density at radius 3 is 2.57 bits per heavy atom. The molecule has 21 heavy (non-hydrogen) atoms. The van der Waals surface area contributed by atoms with Crippen molar-refractivity contribution in [2.75, 3.05) is 32.7 Å². The topological polar surface area (TPSA) is 61.4 Å². The predicted octanol–water partition coefficient (Wildman–Crippen LogP) is 0.557. The summed E-state index contributed by atoms with van der Waals surface area (Å²) in [6, 6.07) is 10.1. The first-order valence-corrected chi connectivity index (χ1v) is 7.55. The third-order valence-electron chi connectivity index (χ3n) is 3.62. The van der Waals surface area contributed by atoms with Crippen molar-refractivity contribution in [2.24, 2.45) is 0 Å². The highest BCUT2D eigenvalue weighted by Gasteiger charge is 2.16. The van der Waals surface area contributed by atoms with E-state index in [1.165, 1.54) is 5.56 Å². The van der Waals surface area contributed by atoms with Gasteiger partial charge in [0.05, 0.1) is 6.54 Å². The number of aryl methyl sites for hydroxylation is 1. The summed E-state index contributed by atoms with van der Waals surface area (Å²) in [5, 5.41) is 5.91. The van der Waals surface area contributed by atoms with E-state index in [-0.39, 0.29) is 18.4 Å². The molecular weight excluding hydrogens is 266 g/mol. The van der Waals surface area contributed by atoms with E-state index in [1.54, 1.807) is 4.90 Å². The minimum absolute atomic E-state index is 0.00732. The Kier molecular flexibility index (Phi) is 6.22. The lowest BCUT2D eigenvalue weighted by Gasteiger charge is -2.27. The molecule has 2 N–H and O–H groups in total. The average molecular weight is 289 g/mol. The Balaban J connectivity index is 1.60. The molecule has 2 amide bonds. The second-order valence-corrected chi connectivity index (χ2v) is 5.25. The molecule has 1 saturated heterocycles. The maximum absolute atomic E-state index is 11.9. The van der Waals surface area contributed by atoms with Gasteiger partial charge in [0.15, 0.2) is 0 Å². The third kappa shape index (κ3) is 5.55. The number of carbonyl (C=O) groups is 2. The summed E-state index contributed by atoms with van der Waals surface area (Å²) in [5.74, 6) is -0.0395. The molecule has 1 aromatic rings. The number of nitrogens with one attached hydrogen (secondary N) is 2. The maximum Gasteiger partial charge on any atom is 0.242 e. The molecule has 0 aliphatic carbocycles. The van der Waals surface area contributed by atoms with Crippen molar-refractivity contribution < 1.29 is 9.59 Å². The van der Waals surface area contributed by atoms with Crippen LogP contribution in [0.2, 0.25) is 0 Å². The minimum atomic E-state index is -0.0468. The van der Waals surface area contributed by atoms with E-state index in [2.05, 4.69) is 22.8 Å². The van der Waals surface area contributed by atoms with Crippen molar-refractivity contribution >= 4 is 11.8 Å². The largest absolute Gasteiger partial charge is 0.347 e. The second-order valence-electron chi connectivity index (χ2n) is 5.25. The molecule has 114 valence electrons.